The Morgan fingerprint density at radius 2 is 1.81 bits per heavy atom. The molecule has 0 atom stereocenters. The standard InChI is InChI=1S/C22H17N9/c23-20-19(21-25-15-8-4-5-9-16(15)26-21)28-27-18-12-17(29-31(18)20)22-24-10-11-30(22)13-14-6-2-1-3-7-14/h1-12H,13,23H2,(H,25,26). The largest absolute Gasteiger partial charge is 0.382 e. The molecule has 0 aliphatic heterocycles. The molecular weight excluding hydrogens is 390 g/mol. The summed E-state index contributed by atoms with van der Waals surface area (Å²) in [4.78, 5) is 12.3. The number of fused-ring (bicyclic) bond motifs is 2. The minimum Gasteiger partial charge on any atom is -0.382 e. The van der Waals surface area contributed by atoms with E-state index < -0.39 is 0 Å². The fourth-order valence-corrected chi connectivity index (χ4v) is 3.67. The molecule has 9 heteroatoms. The molecule has 4 heterocycles. The Kier molecular flexibility index (Phi) is 3.79. The van der Waals surface area contributed by atoms with Crippen LogP contribution in [0.1, 0.15) is 5.56 Å². The predicted octanol–water partition coefficient (Wildman–Crippen LogP) is 3.16. The van der Waals surface area contributed by atoms with Crippen LogP contribution in [-0.4, -0.2) is 39.3 Å². The Morgan fingerprint density at radius 3 is 2.68 bits per heavy atom. The van der Waals surface area contributed by atoms with Gasteiger partial charge in [0.05, 0.1) is 11.0 Å². The van der Waals surface area contributed by atoms with Crippen molar-refractivity contribution in [1.29, 1.82) is 0 Å². The molecule has 0 saturated heterocycles. The Bertz CT molecular complexity index is 1490. The molecule has 31 heavy (non-hydrogen) atoms. The minimum absolute atomic E-state index is 0.358. The van der Waals surface area contributed by atoms with Crippen molar-refractivity contribution in [2.24, 2.45) is 0 Å². The topological polar surface area (TPSA) is 116 Å². The monoisotopic (exact) mass is 407 g/mol. The van der Waals surface area contributed by atoms with E-state index in [-0.39, 0.29) is 0 Å². The van der Waals surface area contributed by atoms with Crippen LogP contribution in [0.5, 0.6) is 0 Å². The molecule has 9 nitrogen and oxygen atoms in total. The molecule has 150 valence electrons. The van der Waals surface area contributed by atoms with E-state index in [0.717, 1.165) is 16.9 Å². The molecule has 0 amide bonds. The Labute approximate surface area is 176 Å². The van der Waals surface area contributed by atoms with Gasteiger partial charge in [-0.05, 0) is 17.7 Å². The van der Waals surface area contributed by atoms with Gasteiger partial charge >= 0.3 is 0 Å². The van der Waals surface area contributed by atoms with E-state index >= 15 is 0 Å². The van der Waals surface area contributed by atoms with E-state index in [4.69, 9.17) is 5.73 Å². The van der Waals surface area contributed by atoms with Crippen LogP contribution in [0.25, 0.3) is 39.7 Å². The van der Waals surface area contributed by atoms with Gasteiger partial charge in [0.1, 0.15) is 5.69 Å². The third-order valence-corrected chi connectivity index (χ3v) is 5.17. The zero-order valence-electron chi connectivity index (χ0n) is 16.3. The summed E-state index contributed by atoms with van der Waals surface area (Å²) < 4.78 is 3.62. The van der Waals surface area contributed by atoms with Gasteiger partial charge in [0.15, 0.2) is 28.8 Å². The molecule has 3 N–H and O–H groups in total. The quantitative estimate of drug-likeness (QED) is 0.464. The fourth-order valence-electron chi connectivity index (χ4n) is 3.67. The van der Waals surface area contributed by atoms with Crippen molar-refractivity contribution in [2.75, 3.05) is 5.73 Å². The summed E-state index contributed by atoms with van der Waals surface area (Å²) >= 11 is 0. The van der Waals surface area contributed by atoms with E-state index in [9.17, 15) is 0 Å². The molecule has 0 radical (unpaired) electrons. The van der Waals surface area contributed by atoms with Crippen molar-refractivity contribution in [3.8, 4) is 23.0 Å². The van der Waals surface area contributed by atoms with Gasteiger partial charge in [0, 0.05) is 25.0 Å². The van der Waals surface area contributed by atoms with Crippen molar-refractivity contribution >= 4 is 22.5 Å². The van der Waals surface area contributed by atoms with Crippen LogP contribution < -0.4 is 5.73 Å². The zero-order chi connectivity index (χ0) is 20.8. The Balaban J connectivity index is 1.42. The summed E-state index contributed by atoms with van der Waals surface area (Å²) in [6.07, 6.45) is 3.69. The van der Waals surface area contributed by atoms with E-state index in [1.807, 2.05) is 59.3 Å². The van der Waals surface area contributed by atoms with Gasteiger partial charge in [-0.15, -0.1) is 10.2 Å². The number of nitrogens with one attached hydrogen (secondary N) is 1. The lowest BCUT2D eigenvalue weighted by molar-refractivity contribution is 0.799. The number of imidazole rings is 2. The van der Waals surface area contributed by atoms with Crippen LogP contribution in [-0.2, 0) is 6.54 Å². The smallest absolute Gasteiger partial charge is 0.180 e. The Morgan fingerprint density at radius 1 is 0.968 bits per heavy atom. The van der Waals surface area contributed by atoms with Crippen molar-refractivity contribution < 1.29 is 0 Å². The first-order valence-electron chi connectivity index (χ1n) is 9.79. The first-order valence-corrected chi connectivity index (χ1v) is 9.79. The van der Waals surface area contributed by atoms with E-state index in [1.165, 1.54) is 5.56 Å². The first-order chi connectivity index (χ1) is 15.3. The molecular formula is C22H17N9. The second-order valence-electron chi connectivity index (χ2n) is 7.20. The molecule has 0 saturated carbocycles. The molecule has 0 aliphatic carbocycles. The lowest BCUT2D eigenvalue weighted by Gasteiger charge is -2.06. The highest BCUT2D eigenvalue weighted by atomic mass is 15.3. The highest BCUT2D eigenvalue weighted by Crippen LogP contribution is 2.25. The predicted molar refractivity (Wildman–Crippen MR) is 117 cm³/mol. The van der Waals surface area contributed by atoms with Gasteiger partial charge < -0.3 is 15.3 Å². The lowest BCUT2D eigenvalue weighted by Crippen LogP contribution is -2.06. The average Bonchev–Trinajstić information content (AvgIpc) is 3.52. The number of anilines is 1. The average molecular weight is 407 g/mol. The number of hydrogen-bond acceptors (Lipinski definition) is 6. The van der Waals surface area contributed by atoms with Gasteiger partial charge in [-0.25, -0.2) is 9.97 Å². The van der Waals surface area contributed by atoms with Gasteiger partial charge in [0.2, 0.25) is 0 Å². The summed E-state index contributed by atoms with van der Waals surface area (Å²) in [7, 11) is 0. The minimum atomic E-state index is 0.358. The van der Waals surface area contributed by atoms with E-state index in [1.54, 1.807) is 10.7 Å². The number of rotatable bonds is 4. The van der Waals surface area contributed by atoms with Crippen LogP contribution in [0, 0.1) is 0 Å². The third-order valence-electron chi connectivity index (χ3n) is 5.17. The third kappa shape index (κ3) is 2.91. The first kappa shape index (κ1) is 17.3. The number of aromatic amines is 1. The summed E-state index contributed by atoms with van der Waals surface area (Å²) in [5.74, 6) is 1.64. The van der Waals surface area contributed by atoms with Crippen LogP contribution in [0.15, 0.2) is 73.1 Å². The van der Waals surface area contributed by atoms with Gasteiger partial charge in [0.25, 0.3) is 0 Å². The maximum Gasteiger partial charge on any atom is 0.180 e. The van der Waals surface area contributed by atoms with Crippen molar-refractivity contribution in [3.05, 3.63) is 78.6 Å². The van der Waals surface area contributed by atoms with Crippen LogP contribution in [0.4, 0.5) is 5.82 Å². The van der Waals surface area contributed by atoms with E-state index in [0.29, 0.717) is 35.2 Å². The number of aromatic nitrogens is 8. The van der Waals surface area contributed by atoms with Crippen LogP contribution in [0.2, 0.25) is 0 Å². The number of para-hydroxylation sites is 2. The maximum absolute atomic E-state index is 6.41. The van der Waals surface area contributed by atoms with Crippen molar-refractivity contribution in [1.82, 2.24) is 39.3 Å². The molecule has 6 aromatic rings. The lowest BCUT2D eigenvalue weighted by atomic mass is 10.2. The summed E-state index contributed by atoms with van der Waals surface area (Å²) in [6.45, 7) is 0.690. The van der Waals surface area contributed by atoms with Gasteiger partial charge in [-0.2, -0.15) is 9.61 Å². The fraction of sp³-hybridized carbons (Fsp3) is 0.0455. The van der Waals surface area contributed by atoms with Gasteiger partial charge in [-0.1, -0.05) is 42.5 Å². The SMILES string of the molecule is Nc1c(-c2nc3ccccc3[nH]2)nnc2cc(-c3nccn3Cc3ccccc3)nn12. The highest BCUT2D eigenvalue weighted by molar-refractivity contribution is 5.80. The molecule has 0 bridgehead atoms. The normalized spacial score (nSPS) is 11.5. The van der Waals surface area contributed by atoms with Gasteiger partial charge in [-0.3, -0.25) is 0 Å². The summed E-state index contributed by atoms with van der Waals surface area (Å²) in [5, 5.41) is 13.3. The number of H-pyrrole nitrogens is 1. The van der Waals surface area contributed by atoms with Crippen molar-refractivity contribution in [2.45, 2.75) is 6.54 Å². The number of nitrogens with zero attached hydrogens (tertiary/aromatic N) is 7. The van der Waals surface area contributed by atoms with Crippen LogP contribution in [0.3, 0.4) is 0 Å². The molecule has 4 aromatic heterocycles. The second kappa shape index (κ2) is 6.77. The maximum atomic E-state index is 6.41. The van der Waals surface area contributed by atoms with Crippen LogP contribution >= 0.6 is 0 Å². The second-order valence-corrected chi connectivity index (χ2v) is 7.20. The molecule has 2 aromatic carbocycles. The summed E-state index contributed by atoms with van der Waals surface area (Å²) in [5.41, 5.74) is 11.0. The molecule has 0 unspecified atom stereocenters. The number of nitrogen functional groups attached to an aromatic ring is 1. The molecule has 6 rings (SSSR count). The molecule has 0 spiro atoms. The van der Waals surface area contributed by atoms with E-state index in [2.05, 4.69) is 42.4 Å². The molecule has 0 aliphatic rings. The number of benzene rings is 2. The number of nitrogens with two attached hydrogens (primary N) is 1. The number of hydrogen-bond donors (Lipinski definition) is 2. The summed E-state index contributed by atoms with van der Waals surface area (Å²) in [6, 6.07) is 19.8. The highest BCUT2D eigenvalue weighted by Gasteiger charge is 2.18. The zero-order valence-corrected chi connectivity index (χ0v) is 16.3. The molecule has 0 fully saturated rings. The van der Waals surface area contributed by atoms with Crippen molar-refractivity contribution in [3.63, 3.8) is 0 Å². The Hall–Kier alpha value is -4.53.